The smallest absolute Gasteiger partial charge is 0.274 e. The van der Waals surface area contributed by atoms with Gasteiger partial charge in [-0.3, -0.25) is 24.3 Å². The van der Waals surface area contributed by atoms with E-state index in [9.17, 15) is 14.4 Å². The van der Waals surface area contributed by atoms with Crippen LogP contribution in [0.4, 0.5) is 5.69 Å². The molecule has 0 fully saturated rings. The van der Waals surface area contributed by atoms with Crippen molar-refractivity contribution in [3.8, 4) is 11.5 Å². The Kier molecular flexibility index (Phi) is 9.63. The Balaban J connectivity index is 1.06. The van der Waals surface area contributed by atoms with Gasteiger partial charge in [0, 0.05) is 50.3 Å². The number of nitrogens with zero attached hydrogens (tertiary/aromatic N) is 3. The fraction of sp³-hybridized carbons (Fsp3) is 0.211. The summed E-state index contributed by atoms with van der Waals surface area (Å²) in [6.45, 7) is 2.78. The molecule has 0 spiro atoms. The number of pyridine rings is 1. The van der Waals surface area contributed by atoms with Gasteiger partial charge in [0.1, 0.15) is 10.7 Å². The van der Waals surface area contributed by atoms with E-state index in [1.54, 1.807) is 82.2 Å². The summed E-state index contributed by atoms with van der Waals surface area (Å²) in [5.41, 5.74) is 5.58. The van der Waals surface area contributed by atoms with E-state index in [1.807, 2.05) is 24.3 Å². The van der Waals surface area contributed by atoms with Gasteiger partial charge in [0.15, 0.2) is 11.5 Å². The van der Waals surface area contributed by atoms with Crippen molar-refractivity contribution >= 4 is 23.7 Å². The molecule has 244 valence electrons. The van der Waals surface area contributed by atoms with Crippen molar-refractivity contribution in [3.05, 3.63) is 150 Å². The molecule has 6 rings (SSSR count). The van der Waals surface area contributed by atoms with Crippen molar-refractivity contribution in [3.63, 3.8) is 0 Å². The molecule has 10 heteroatoms. The number of carbonyl (C=O) groups excluding carboxylic acids is 1. The molecule has 0 saturated carbocycles. The van der Waals surface area contributed by atoms with Crippen molar-refractivity contribution in [2.75, 3.05) is 32.6 Å². The van der Waals surface area contributed by atoms with Crippen LogP contribution < -0.4 is 36.6 Å². The van der Waals surface area contributed by atoms with Gasteiger partial charge in [-0.1, -0.05) is 30.3 Å². The SMILES string of the molecule is COc1cc2c(cc1OC)CN(CCc1ccc(NC(=O)c3ccc(C=c4[nH]c(=O)c(=Cc5cccnc5)n(C)c4=O)cc3)cc1)CC2. The largest absolute Gasteiger partial charge is 0.493 e. The molecule has 3 aromatic carbocycles. The minimum atomic E-state index is -0.395. The number of hydrogen-bond acceptors (Lipinski definition) is 7. The Morgan fingerprint density at radius 2 is 1.67 bits per heavy atom. The summed E-state index contributed by atoms with van der Waals surface area (Å²) in [5.74, 6) is 1.29. The molecule has 1 aliphatic rings. The molecule has 10 nitrogen and oxygen atoms in total. The number of H-pyrrole nitrogens is 1. The molecule has 2 N–H and O–H groups in total. The van der Waals surface area contributed by atoms with Crippen LogP contribution in [0.1, 0.15) is 38.2 Å². The summed E-state index contributed by atoms with van der Waals surface area (Å²) in [6.07, 6.45) is 8.33. The Morgan fingerprint density at radius 3 is 2.35 bits per heavy atom. The second-order valence-electron chi connectivity index (χ2n) is 11.7. The molecule has 2 aromatic heterocycles. The van der Waals surface area contributed by atoms with Gasteiger partial charge in [-0.05, 0) is 95.3 Å². The molecule has 48 heavy (non-hydrogen) atoms. The first kappa shape index (κ1) is 32.2. The molecule has 1 amide bonds. The van der Waals surface area contributed by atoms with Crippen LogP contribution in [-0.4, -0.2) is 52.7 Å². The zero-order valence-corrected chi connectivity index (χ0v) is 27.2. The van der Waals surface area contributed by atoms with Crippen LogP contribution in [-0.2, 0) is 26.4 Å². The van der Waals surface area contributed by atoms with E-state index in [-0.39, 0.29) is 22.2 Å². The fourth-order valence-electron chi connectivity index (χ4n) is 5.84. The third-order valence-corrected chi connectivity index (χ3v) is 8.57. The minimum absolute atomic E-state index is 0.147. The maximum absolute atomic E-state index is 13.0. The molecule has 0 atom stereocenters. The standard InChI is InChI=1S/C38H37N5O5/c1-42-33(20-27-5-4-16-39-23-27)37(45)41-32(38(42)46)19-26-6-10-28(11-7-26)36(44)40-31-12-8-25(9-13-31)14-17-43-18-15-29-21-34(47-2)35(48-3)22-30(29)24-43/h4-13,16,19-23H,14-15,17-18,24H2,1-3H3,(H,40,44)(H,41,45). The first-order valence-electron chi connectivity index (χ1n) is 15.7. The number of carbonyl (C=O) groups is 1. The number of ether oxygens (including phenoxy) is 2. The number of methoxy groups -OCH3 is 2. The normalized spacial score (nSPS) is 13.6. The second kappa shape index (κ2) is 14.4. The lowest BCUT2D eigenvalue weighted by atomic mass is 9.98. The Bertz CT molecular complexity index is 2170. The van der Waals surface area contributed by atoms with E-state index in [1.165, 1.54) is 21.3 Å². The highest BCUT2D eigenvalue weighted by molar-refractivity contribution is 6.04. The van der Waals surface area contributed by atoms with E-state index in [0.717, 1.165) is 44.0 Å². The van der Waals surface area contributed by atoms with Crippen molar-refractivity contribution < 1.29 is 14.3 Å². The highest BCUT2D eigenvalue weighted by Gasteiger charge is 2.19. The summed E-state index contributed by atoms with van der Waals surface area (Å²) in [6, 6.07) is 22.5. The number of anilines is 1. The lowest BCUT2D eigenvalue weighted by molar-refractivity contribution is 0.102. The molecular weight excluding hydrogens is 606 g/mol. The molecule has 0 saturated heterocycles. The van der Waals surface area contributed by atoms with Gasteiger partial charge in [0.25, 0.3) is 17.0 Å². The predicted octanol–water partition coefficient (Wildman–Crippen LogP) is 3.00. The van der Waals surface area contributed by atoms with E-state index < -0.39 is 5.56 Å². The van der Waals surface area contributed by atoms with Gasteiger partial charge >= 0.3 is 0 Å². The Labute approximate surface area is 277 Å². The Morgan fingerprint density at radius 1 is 0.938 bits per heavy atom. The molecule has 5 aromatic rings. The van der Waals surface area contributed by atoms with Crippen LogP contribution in [0.25, 0.3) is 12.2 Å². The van der Waals surface area contributed by atoms with Crippen LogP contribution in [0.2, 0.25) is 0 Å². The molecule has 1 aliphatic heterocycles. The summed E-state index contributed by atoms with van der Waals surface area (Å²) >= 11 is 0. The van der Waals surface area contributed by atoms with Gasteiger partial charge in [-0.25, -0.2) is 0 Å². The van der Waals surface area contributed by atoms with Crippen molar-refractivity contribution in [2.45, 2.75) is 19.4 Å². The first-order valence-corrected chi connectivity index (χ1v) is 15.7. The van der Waals surface area contributed by atoms with Crippen LogP contribution in [0.5, 0.6) is 11.5 Å². The van der Waals surface area contributed by atoms with Gasteiger partial charge in [-0.15, -0.1) is 0 Å². The monoisotopic (exact) mass is 643 g/mol. The number of rotatable bonds is 9. The number of aromatic nitrogens is 3. The van der Waals surface area contributed by atoms with Gasteiger partial charge in [-0.2, -0.15) is 0 Å². The summed E-state index contributed by atoms with van der Waals surface area (Å²) < 4.78 is 12.3. The zero-order chi connectivity index (χ0) is 33.6. The number of amides is 1. The summed E-state index contributed by atoms with van der Waals surface area (Å²) in [5, 5.41) is 3.32. The van der Waals surface area contributed by atoms with Gasteiger partial charge < -0.3 is 24.3 Å². The van der Waals surface area contributed by atoms with Crippen LogP contribution >= 0.6 is 0 Å². The average molecular weight is 644 g/mol. The highest BCUT2D eigenvalue weighted by atomic mass is 16.5. The lowest BCUT2D eigenvalue weighted by Crippen LogP contribution is -2.52. The maximum atomic E-state index is 13.0. The number of hydrogen-bond donors (Lipinski definition) is 2. The number of nitrogens with one attached hydrogen (secondary N) is 2. The van der Waals surface area contributed by atoms with E-state index in [4.69, 9.17) is 9.47 Å². The predicted molar refractivity (Wildman–Crippen MR) is 186 cm³/mol. The minimum Gasteiger partial charge on any atom is -0.493 e. The average Bonchev–Trinajstić information content (AvgIpc) is 3.12. The topological polar surface area (TPSA) is 119 Å². The van der Waals surface area contributed by atoms with E-state index >= 15 is 0 Å². The van der Waals surface area contributed by atoms with Crippen LogP contribution in [0, 0.1) is 0 Å². The molecule has 0 bridgehead atoms. The molecule has 0 radical (unpaired) electrons. The van der Waals surface area contributed by atoms with Gasteiger partial charge in [0.05, 0.1) is 14.2 Å². The third kappa shape index (κ3) is 7.29. The fourth-order valence-corrected chi connectivity index (χ4v) is 5.84. The summed E-state index contributed by atoms with van der Waals surface area (Å²) in [4.78, 5) is 47.9. The number of fused-ring (bicyclic) bond motifs is 1. The molecule has 0 unspecified atom stereocenters. The van der Waals surface area contributed by atoms with Crippen molar-refractivity contribution in [2.24, 2.45) is 7.05 Å². The van der Waals surface area contributed by atoms with Crippen LogP contribution in [0.3, 0.4) is 0 Å². The van der Waals surface area contributed by atoms with E-state index in [0.29, 0.717) is 22.4 Å². The number of aromatic amines is 1. The number of benzene rings is 3. The quantitative estimate of drug-likeness (QED) is 0.254. The Hall–Kier alpha value is -5.74. The second-order valence-corrected chi connectivity index (χ2v) is 11.7. The maximum Gasteiger partial charge on any atom is 0.274 e. The van der Waals surface area contributed by atoms with E-state index in [2.05, 4.69) is 32.3 Å². The molecule has 3 heterocycles. The first-order chi connectivity index (χ1) is 23.3. The third-order valence-electron chi connectivity index (χ3n) is 8.57. The van der Waals surface area contributed by atoms with Crippen molar-refractivity contribution in [1.82, 2.24) is 19.4 Å². The van der Waals surface area contributed by atoms with Crippen LogP contribution in [0.15, 0.2) is 94.8 Å². The van der Waals surface area contributed by atoms with Gasteiger partial charge in [0.2, 0.25) is 0 Å². The zero-order valence-electron chi connectivity index (χ0n) is 27.2. The lowest BCUT2D eigenvalue weighted by Gasteiger charge is -2.29. The molecular formula is C38H37N5O5. The summed E-state index contributed by atoms with van der Waals surface area (Å²) in [7, 11) is 4.88. The molecule has 0 aliphatic carbocycles. The van der Waals surface area contributed by atoms with Crippen molar-refractivity contribution in [1.29, 1.82) is 0 Å². The highest BCUT2D eigenvalue weighted by Crippen LogP contribution is 2.33.